The maximum Gasteiger partial charge on any atom is 0.416 e. The average Bonchev–Trinajstić information content (AvgIpc) is 2.73. The van der Waals surface area contributed by atoms with E-state index in [-0.39, 0.29) is 30.7 Å². The number of anilines is 1. The van der Waals surface area contributed by atoms with E-state index in [1.54, 1.807) is 6.07 Å². The average molecular weight is 426 g/mol. The summed E-state index contributed by atoms with van der Waals surface area (Å²) in [4.78, 5) is 17.3. The lowest BCUT2D eigenvalue weighted by molar-refractivity contribution is -0.137. The number of benzene rings is 1. The molecule has 1 aromatic carbocycles. The molecule has 1 aliphatic heterocycles. The van der Waals surface area contributed by atoms with E-state index in [9.17, 15) is 22.4 Å². The summed E-state index contributed by atoms with van der Waals surface area (Å²) in [6.45, 7) is 0.158. The minimum absolute atomic E-state index is 0.0158. The largest absolute Gasteiger partial charge is 0.478 e. The minimum Gasteiger partial charge on any atom is -0.478 e. The topological polar surface area (TPSA) is 62.7 Å². The van der Waals surface area contributed by atoms with E-state index in [1.165, 1.54) is 24.4 Å². The third-order valence-electron chi connectivity index (χ3n) is 5.24. The van der Waals surface area contributed by atoms with Crippen LogP contribution >= 0.6 is 0 Å². The molecule has 0 bridgehead atoms. The highest BCUT2D eigenvalue weighted by atomic mass is 19.4. The van der Waals surface area contributed by atoms with Gasteiger partial charge in [-0.3, -0.25) is 0 Å². The molecular formula is C21H22F4N2O3. The predicted octanol–water partition coefficient (Wildman–Crippen LogP) is 4.54. The summed E-state index contributed by atoms with van der Waals surface area (Å²) in [7, 11) is 0. The van der Waals surface area contributed by atoms with Crippen molar-refractivity contribution in [2.75, 3.05) is 31.3 Å². The fourth-order valence-corrected chi connectivity index (χ4v) is 3.65. The molecule has 1 aromatic heterocycles. The van der Waals surface area contributed by atoms with Gasteiger partial charge < -0.3 is 14.7 Å². The van der Waals surface area contributed by atoms with Crippen molar-refractivity contribution in [3.05, 3.63) is 59.3 Å². The number of carboxylic acids is 1. The molecule has 5 nitrogen and oxygen atoms in total. The normalized spacial score (nSPS) is 19.7. The van der Waals surface area contributed by atoms with Gasteiger partial charge in [0.05, 0.1) is 30.4 Å². The molecule has 0 saturated carbocycles. The molecule has 1 aliphatic rings. The smallest absolute Gasteiger partial charge is 0.416 e. The van der Waals surface area contributed by atoms with Crippen molar-refractivity contribution in [1.82, 2.24) is 4.98 Å². The van der Waals surface area contributed by atoms with Crippen molar-refractivity contribution in [3.63, 3.8) is 0 Å². The first-order valence-corrected chi connectivity index (χ1v) is 9.56. The van der Waals surface area contributed by atoms with Gasteiger partial charge in [-0.05, 0) is 42.7 Å². The van der Waals surface area contributed by atoms with Crippen LogP contribution < -0.4 is 4.90 Å². The highest BCUT2D eigenvalue weighted by Crippen LogP contribution is 2.35. The van der Waals surface area contributed by atoms with Gasteiger partial charge in [-0.1, -0.05) is 12.1 Å². The molecule has 1 unspecified atom stereocenters. The van der Waals surface area contributed by atoms with Crippen LogP contribution in [0.1, 0.15) is 40.2 Å². The number of pyridine rings is 1. The second-order valence-electron chi connectivity index (χ2n) is 7.17. The molecule has 2 heterocycles. The predicted molar refractivity (Wildman–Crippen MR) is 103 cm³/mol. The summed E-state index contributed by atoms with van der Waals surface area (Å²) in [6.07, 6.45) is -1.70. The van der Waals surface area contributed by atoms with Gasteiger partial charge >= 0.3 is 12.1 Å². The third kappa shape index (κ3) is 5.27. The molecule has 162 valence electrons. The number of rotatable bonds is 7. The number of piperidine rings is 1. The monoisotopic (exact) mass is 426 g/mol. The van der Waals surface area contributed by atoms with E-state index in [4.69, 9.17) is 9.84 Å². The van der Waals surface area contributed by atoms with E-state index >= 15 is 0 Å². The van der Waals surface area contributed by atoms with Crippen molar-refractivity contribution in [1.29, 1.82) is 0 Å². The number of carbonyl (C=O) groups is 1. The number of hydrogen-bond donors (Lipinski definition) is 1. The van der Waals surface area contributed by atoms with Crippen molar-refractivity contribution >= 4 is 11.8 Å². The molecule has 1 fully saturated rings. The van der Waals surface area contributed by atoms with Crippen LogP contribution in [-0.4, -0.2) is 48.5 Å². The van der Waals surface area contributed by atoms with Crippen LogP contribution in [0, 0.1) is 0 Å². The van der Waals surface area contributed by atoms with Crippen LogP contribution in [0.25, 0.3) is 0 Å². The van der Waals surface area contributed by atoms with Crippen LogP contribution in [-0.2, 0) is 10.9 Å². The molecule has 9 heteroatoms. The summed E-state index contributed by atoms with van der Waals surface area (Å²) in [5, 5.41) is 9.06. The maximum atomic E-state index is 12.8. The highest BCUT2D eigenvalue weighted by molar-refractivity contribution is 5.87. The highest BCUT2D eigenvalue weighted by Gasteiger charge is 2.32. The maximum absolute atomic E-state index is 12.8. The summed E-state index contributed by atoms with van der Waals surface area (Å²) >= 11 is 0. The zero-order valence-electron chi connectivity index (χ0n) is 16.1. The molecule has 0 amide bonds. The SMILES string of the molecule is O=C(O)c1ccc(N2CC(c3ccc(C(F)(F)F)cc3)CC[C@H]2COCCF)nc1. The molecule has 1 N–H and O–H groups in total. The van der Waals surface area contributed by atoms with Crippen molar-refractivity contribution in [2.24, 2.45) is 0 Å². The molecule has 30 heavy (non-hydrogen) atoms. The lowest BCUT2D eigenvalue weighted by Gasteiger charge is -2.40. The number of alkyl halides is 4. The first kappa shape index (κ1) is 22.0. The number of aromatic carboxylic acids is 1. The molecule has 3 rings (SSSR count). The zero-order chi connectivity index (χ0) is 21.7. The Morgan fingerprint density at radius 3 is 2.47 bits per heavy atom. The van der Waals surface area contributed by atoms with Gasteiger partial charge in [0.25, 0.3) is 0 Å². The Labute approximate surface area is 171 Å². The summed E-state index contributed by atoms with van der Waals surface area (Å²) < 4.78 is 56.3. The van der Waals surface area contributed by atoms with E-state index < -0.39 is 24.4 Å². The van der Waals surface area contributed by atoms with Crippen LogP contribution in [0.3, 0.4) is 0 Å². The van der Waals surface area contributed by atoms with Gasteiger partial charge in [0, 0.05) is 18.7 Å². The number of ether oxygens (including phenoxy) is 1. The lowest BCUT2D eigenvalue weighted by atomic mass is 9.87. The van der Waals surface area contributed by atoms with Gasteiger partial charge in [-0.2, -0.15) is 13.2 Å². The van der Waals surface area contributed by atoms with Crippen LogP contribution in [0.15, 0.2) is 42.6 Å². The third-order valence-corrected chi connectivity index (χ3v) is 5.24. The van der Waals surface area contributed by atoms with E-state index in [0.29, 0.717) is 18.8 Å². The van der Waals surface area contributed by atoms with Gasteiger partial charge in [-0.15, -0.1) is 0 Å². The van der Waals surface area contributed by atoms with Crippen molar-refractivity contribution in [2.45, 2.75) is 31.0 Å². The standard InChI is InChI=1S/C21H22F4N2O3/c22-9-10-30-13-18-7-3-16(14-1-5-17(6-2-14)21(23,24)25)12-27(18)19-8-4-15(11-26-19)20(28)29/h1-2,4-6,8,11,16,18H,3,7,9-10,12-13H2,(H,28,29)/t16?,18-/m0/s1. The molecule has 1 saturated heterocycles. The fraction of sp³-hybridized carbons (Fsp3) is 0.429. The number of hydrogen-bond acceptors (Lipinski definition) is 4. The molecular weight excluding hydrogens is 404 g/mol. The van der Waals surface area contributed by atoms with Gasteiger partial charge in [0.2, 0.25) is 0 Å². The Morgan fingerprint density at radius 1 is 1.17 bits per heavy atom. The molecule has 0 spiro atoms. The Bertz CT molecular complexity index is 841. The van der Waals surface area contributed by atoms with E-state index in [0.717, 1.165) is 24.1 Å². The van der Waals surface area contributed by atoms with Crippen molar-refractivity contribution < 1.29 is 32.2 Å². The summed E-state index contributed by atoms with van der Waals surface area (Å²) in [6, 6.07) is 8.10. The second kappa shape index (κ2) is 9.42. The molecule has 2 aromatic rings. The van der Waals surface area contributed by atoms with Gasteiger partial charge in [0.15, 0.2) is 0 Å². The first-order chi connectivity index (χ1) is 14.3. The molecule has 0 aliphatic carbocycles. The Morgan fingerprint density at radius 2 is 1.90 bits per heavy atom. The number of halogens is 4. The van der Waals surface area contributed by atoms with Crippen LogP contribution in [0.2, 0.25) is 0 Å². The Balaban J connectivity index is 1.80. The van der Waals surface area contributed by atoms with Gasteiger partial charge in [0.1, 0.15) is 12.5 Å². The zero-order valence-corrected chi connectivity index (χ0v) is 16.1. The molecule has 2 atom stereocenters. The Hall–Kier alpha value is -2.68. The fourth-order valence-electron chi connectivity index (χ4n) is 3.65. The van der Waals surface area contributed by atoms with E-state index in [1.807, 2.05) is 4.90 Å². The second-order valence-corrected chi connectivity index (χ2v) is 7.17. The van der Waals surface area contributed by atoms with Crippen LogP contribution in [0.5, 0.6) is 0 Å². The number of carboxylic acid groups (broad SMARTS) is 1. The van der Waals surface area contributed by atoms with E-state index in [2.05, 4.69) is 4.98 Å². The van der Waals surface area contributed by atoms with Crippen LogP contribution in [0.4, 0.5) is 23.4 Å². The Kier molecular flexibility index (Phi) is 6.91. The molecule has 0 radical (unpaired) electrons. The number of aromatic nitrogens is 1. The first-order valence-electron chi connectivity index (χ1n) is 9.56. The summed E-state index contributed by atoms with van der Waals surface area (Å²) in [5.74, 6) is -0.561. The quantitative estimate of drug-likeness (QED) is 0.520. The van der Waals surface area contributed by atoms with Crippen molar-refractivity contribution in [3.8, 4) is 0 Å². The number of nitrogens with zero attached hydrogens (tertiary/aromatic N) is 2. The van der Waals surface area contributed by atoms with Gasteiger partial charge in [-0.25, -0.2) is 14.2 Å². The lowest BCUT2D eigenvalue weighted by Crippen LogP contribution is -2.46. The minimum atomic E-state index is -4.38. The summed E-state index contributed by atoms with van der Waals surface area (Å²) in [5.41, 5.74) is 0.154.